The molecule has 0 bridgehead atoms. The summed E-state index contributed by atoms with van der Waals surface area (Å²) in [5, 5.41) is 5.90. The number of benzene rings is 2. The van der Waals surface area contributed by atoms with Crippen LogP contribution in [0.5, 0.6) is 0 Å². The van der Waals surface area contributed by atoms with Gasteiger partial charge in [0, 0.05) is 30.2 Å². The van der Waals surface area contributed by atoms with E-state index >= 15 is 4.39 Å². The molecule has 1 aliphatic rings. The predicted octanol–water partition coefficient (Wildman–Crippen LogP) is 6.19. The summed E-state index contributed by atoms with van der Waals surface area (Å²) in [4.78, 5) is 34.6. The van der Waals surface area contributed by atoms with Gasteiger partial charge in [-0.1, -0.05) is 29.8 Å². The van der Waals surface area contributed by atoms with Crippen LogP contribution in [-0.2, 0) is 9.47 Å². The van der Waals surface area contributed by atoms with Gasteiger partial charge in [-0.05, 0) is 76.3 Å². The lowest BCUT2D eigenvalue weighted by Gasteiger charge is -2.27. The monoisotopic (exact) mass is 597 g/mol. The zero-order valence-corrected chi connectivity index (χ0v) is 25.0. The number of halogens is 2. The van der Waals surface area contributed by atoms with Crippen LogP contribution >= 0.6 is 11.6 Å². The molecule has 1 heterocycles. The number of ether oxygens (including phenoxy) is 2. The third kappa shape index (κ3) is 8.17. The summed E-state index contributed by atoms with van der Waals surface area (Å²) in [5.74, 6) is -1.02. The van der Waals surface area contributed by atoms with Crippen LogP contribution in [0.3, 0.4) is 0 Å². The Morgan fingerprint density at radius 1 is 1.14 bits per heavy atom. The number of aromatic nitrogens is 2. The van der Waals surface area contributed by atoms with E-state index in [2.05, 4.69) is 15.6 Å². The van der Waals surface area contributed by atoms with Crippen molar-refractivity contribution >= 4 is 29.4 Å². The number of amides is 2. The summed E-state index contributed by atoms with van der Waals surface area (Å²) in [5.41, 5.74) is 7.47. The van der Waals surface area contributed by atoms with Gasteiger partial charge in [0.1, 0.15) is 22.9 Å². The molecule has 42 heavy (non-hydrogen) atoms. The predicted molar refractivity (Wildman–Crippen MR) is 160 cm³/mol. The van der Waals surface area contributed by atoms with Crippen molar-refractivity contribution in [3.05, 3.63) is 76.3 Å². The summed E-state index contributed by atoms with van der Waals surface area (Å²) < 4.78 is 26.2. The highest BCUT2D eigenvalue weighted by Crippen LogP contribution is 2.34. The van der Waals surface area contributed by atoms with Gasteiger partial charge in [0.25, 0.3) is 5.91 Å². The maximum absolute atomic E-state index is 15.4. The van der Waals surface area contributed by atoms with E-state index in [1.807, 2.05) is 0 Å². The molecule has 2 aromatic carbocycles. The molecule has 1 aliphatic carbocycles. The van der Waals surface area contributed by atoms with Crippen LogP contribution in [0.4, 0.5) is 15.0 Å². The van der Waals surface area contributed by atoms with Crippen LogP contribution in [0.25, 0.3) is 11.3 Å². The molecule has 1 aromatic heterocycles. The highest BCUT2D eigenvalue weighted by atomic mass is 35.5. The molecule has 0 unspecified atom stereocenters. The van der Waals surface area contributed by atoms with E-state index in [1.54, 1.807) is 64.4 Å². The number of alkyl carbamates (subject to hydrolysis) is 1. The number of nitrogens with one attached hydrogen (secondary N) is 2. The van der Waals surface area contributed by atoms with Crippen molar-refractivity contribution in [2.24, 2.45) is 0 Å². The molecule has 9 nitrogen and oxygen atoms in total. The van der Waals surface area contributed by atoms with Crippen molar-refractivity contribution in [3.8, 4) is 11.3 Å². The second-order valence-electron chi connectivity index (χ2n) is 11.4. The van der Waals surface area contributed by atoms with Crippen molar-refractivity contribution in [2.45, 2.75) is 70.1 Å². The van der Waals surface area contributed by atoms with Crippen LogP contribution in [0, 0.1) is 5.82 Å². The Kier molecular flexibility index (Phi) is 10.0. The summed E-state index contributed by atoms with van der Waals surface area (Å²) >= 11 is 6.17. The fraction of sp³-hybridized carbons (Fsp3) is 0.419. The average molecular weight is 598 g/mol. The fourth-order valence-corrected chi connectivity index (χ4v) is 5.17. The van der Waals surface area contributed by atoms with E-state index in [-0.39, 0.29) is 29.9 Å². The average Bonchev–Trinajstić information content (AvgIpc) is 2.94. The lowest BCUT2D eigenvalue weighted by Crippen LogP contribution is -2.40. The summed E-state index contributed by atoms with van der Waals surface area (Å²) in [6.45, 7) is 5.24. The molecule has 224 valence electrons. The maximum atomic E-state index is 15.4. The van der Waals surface area contributed by atoms with Crippen molar-refractivity contribution in [1.29, 1.82) is 0 Å². The second-order valence-corrected chi connectivity index (χ2v) is 11.8. The largest absolute Gasteiger partial charge is 0.444 e. The third-order valence-electron chi connectivity index (χ3n) is 7.14. The number of anilines is 1. The standard InChI is InChI=1S/C31H37ClFN5O4/c1-31(2,3)42-30(40)36-17-26(19-6-5-7-21(32)14-19)38-29(39)23-13-10-20(15-24(23)33)27-28(34)35-16-25(37-27)18-8-11-22(41-4)12-9-18/h5-7,10,13-16,18,22,26H,8-9,11-12,17H2,1-4H3,(H2,34,35)(H,36,40)(H,38,39)/t18-,22-,26-/m1/s1. The number of hydrogen-bond acceptors (Lipinski definition) is 7. The SMILES string of the molecule is CO[C@H]1CC[C@H](c2cnc(N)c(-c3ccc(C(=O)N[C@H](CNC(=O)OC(C)(C)C)c4cccc(Cl)c4)c(F)c3)n2)CC1. The van der Waals surface area contributed by atoms with Gasteiger partial charge in [-0.2, -0.15) is 0 Å². The quantitative estimate of drug-likeness (QED) is 0.282. The summed E-state index contributed by atoms with van der Waals surface area (Å²) in [7, 11) is 1.73. The number of hydrogen-bond donors (Lipinski definition) is 3. The van der Waals surface area contributed by atoms with E-state index in [0.29, 0.717) is 21.8 Å². The molecule has 4 N–H and O–H groups in total. The molecule has 1 atom stereocenters. The maximum Gasteiger partial charge on any atom is 0.407 e. The third-order valence-corrected chi connectivity index (χ3v) is 7.37. The Bertz CT molecular complexity index is 1420. The van der Waals surface area contributed by atoms with Crippen molar-refractivity contribution in [2.75, 3.05) is 19.4 Å². The molecule has 0 radical (unpaired) electrons. The van der Waals surface area contributed by atoms with E-state index in [1.165, 1.54) is 12.1 Å². The Morgan fingerprint density at radius 2 is 1.88 bits per heavy atom. The van der Waals surface area contributed by atoms with Crippen LogP contribution in [0.2, 0.25) is 5.02 Å². The summed E-state index contributed by atoms with van der Waals surface area (Å²) in [6, 6.07) is 10.3. The summed E-state index contributed by atoms with van der Waals surface area (Å²) in [6.07, 6.45) is 4.99. The lowest BCUT2D eigenvalue weighted by molar-refractivity contribution is 0.0519. The first-order valence-electron chi connectivity index (χ1n) is 13.9. The smallest absolute Gasteiger partial charge is 0.407 e. The van der Waals surface area contributed by atoms with Gasteiger partial charge in [-0.15, -0.1) is 0 Å². The number of nitrogens with two attached hydrogens (primary N) is 1. The lowest BCUT2D eigenvalue weighted by atomic mass is 9.85. The highest BCUT2D eigenvalue weighted by molar-refractivity contribution is 6.30. The number of methoxy groups -OCH3 is 1. The van der Waals surface area contributed by atoms with Crippen molar-refractivity contribution in [3.63, 3.8) is 0 Å². The van der Waals surface area contributed by atoms with Crippen molar-refractivity contribution in [1.82, 2.24) is 20.6 Å². The van der Waals surface area contributed by atoms with E-state index in [9.17, 15) is 9.59 Å². The molecule has 0 spiro atoms. The van der Waals surface area contributed by atoms with Gasteiger partial charge < -0.3 is 25.8 Å². The molecule has 1 fully saturated rings. The van der Waals surface area contributed by atoms with E-state index < -0.39 is 29.5 Å². The molecule has 3 aromatic rings. The first-order valence-corrected chi connectivity index (χ1v) is 14.3. The fourth-order valence-electron chi connectivity index (χ4n) is 4.97. The number of rotatable bonds is 8. The van der Waals surface area contributed by atoms with E-state index in [4.69, 9.17) is 31.8 Å². The van der Waals surface area contributed by atoms with Crippen LogP contribution in [0.15, 0.2) is 48.7 Å². The van der Waals surface area contributed by atoms with E-state index in [0.717, 1.165) is 31.4 Å². The van der Waals surface area contributed by atoms with Gasteiger partial charge >= 0.3 is 6.09 Å². The Morgan fingerprint density at radius 3 is 2.52 bits per heavy atom. The zero-order chi connectivity index (χ0) is 30.4. The van der Waals surface area contributed by atoms with Crippen LogP contribution in [0.1, 0.15) is 80.0 Å². The minimum Gasteiger partial charge on any atom is -0.444 e. The van der Waals surface area contributed by atoms with Gasteiger partial charge in [0.05, 0.1) is 29.6 Å². The first-order chi connectivity index (χ1) is 19.9. The highest BCUT2D eigenvalue weighted by Gasteiger charge is 2.25. The Balaban J connectivity index is 1.52. The minimum absolute atomic E-state index is 0.00803. The van der Waals surface area contributed by atoms with Crippen LogP contribution < -0.4 is 16.4 Å². The topological polar surface area (TPSA) is 128 Å². The Labute approximate surface area is 250 Å². The molecule has 0 saturated heterocycles. The second kappa shape index (κ2) is 13.5. The molecule has 0 aliphatic heterocycles. The van der Waals surface area contributed by atoms with Crippen molar-refractivity contribution < 1.29 is 23.5 Å². The van der Waals surface area contributed by atoms with Gasteiger partial charge in [-0.3, -0.25) is 4.79 Å². The zero-order valence-electron chi connectivity index (χ0n) is 24.2. The van der Waals surface area contributed by atoms with Gasteiger partial charge in [0.15, 0.2) is 0 Å². The molecule has 1 saturated carbocycles. The number of carbonyl (C=O) groups excluding carboxylic acids is 2. The number of nitrogen functional groups attached to an aromatic ring is 1. The first kappa shape index (κ1) is 31.2. The molecular weight excluding hydrogens is 561 g/mol. The van der Waals surface area contributed by atoms with Gasteiger partial charge in [-0.25, -0.2) is 19.2 Å². The minimum atomic E-state index is -0.748. The molecule has 11 heteroatoms. The van der Waals surface area contributed by atoms with Crippen LogP contribution in [-0.4, -0.2) is 47.3 Å². The molecule has 2 amide bonds. The number of carbonyl (C=O) groups is 2. The normalized spacial score (nSPS) is 17.8. The molecular formula is C31H37ClFN5O4. The Hall–Kier alpha value is -3.76. The number of nitrogens with zero attached hydrogens (tertiary/aromatic N) is 2. The van der Waals surface area contributed by atoms with Gasteiger partial charge in [0.2, 0.25) is 0 Å². The molecule has 4 rings (SSSR count).